The summed E-state index contributed by atoms with van der Waals surface area (Å²) in [5.74, 6) is 1.61. The zero-order valence-corrected chi connectivity index (χ0v) is 13.4. The fourth-order valence-electron chi connectivity index (χ4n) is 2.26. The number of rotatable bonds is 9. The molecule has 0 atom stereocenters. The van der Waals surface area contributed by atoms with Crippen LogP contribution in [0.5, 0.6) is 11.5 Å². The zero-order chi connectivity index (χ0) is 15.8. The van der Waals surface area contributed by atoms with Gasteiger partial charge < -0.3 is 9.47 Å². The van der Waals surface area contributed by atoms with Crippen molar-refractivity contribution in [1.29, 1.82) is 0 Å². The Kier molecular flexibility index (Phi) is 6.26. The van der Waals surface area contributed by atoms with Gasteiger partial charge in [0.1, 0.15) is 17.8 Å². The molecule has 0 saturated heterocycles. The predicted molar refractivity (Wildman–Crippen MR) is 90.1 cm³/mol. The van der Waals surface area contributed by atoms with E-state index >= 15 is 0 Å². The number of fused-ring (bicyclic) bond motifs is 1. The molecule has 0 bridgehead atoms. The lowest BCUT2D eigenvalue weighted by Crippen LogP contribution is -1.99. The maximum Gasteiger partial charge on any atom is 0.150 e. The fourth-order valence-corrected chi connectivity index (χ4v) is 2.26. The maximum absolute atomic E-state index is 11.1. The van der Waals surface area contributed by atoms with E-state index in [1.807, 2.05) is 24.3 Å². The molecule has 0 radical (unpaired) electrons. The van der Waals surface area contributed by atoms with Crippen LogP contribution in [0.25, 0.3) is 10.8 Å². The molecule has 3 heteroatoms. The van der Waals surface area contributed by atoms with Crippen molar-refractivity contribution < 1.29 is 14.3 Å². The molecule has 0 aliphatic carbocycles. The van der Waals surface area contributed by atoms with Crippen LogP contribution in [0.15, 0.2) is 30.3 Å². The SMILES string of the molecule is CCCCOc1ccc2cc(C=O)cc(OCCCC)c2c1. The highest BCUT2D eigenvalue weighted by atomic mass is 16.5. The summed E-state index contributed by atoms with van der Waals surface area (Å²) in [7, 11) is 0. The van der Waals surface area contributed by atoms with Crippen molar-refractivity contribution in [3.05, 3.63) is 35.9 Å². The molecule has 22 heavy (non-hydrogen) atoms. The summed E-state index contributed by atoms with van der Waals surface area (Å²) in [5, 5.41) is 2.00. The largest absolute Gasteiger partial charge is 0.494 e. The zero-order valence-electron chi connectivity index (χ0n) is 13.4. The molecule has 2 aromatic carbocycles. The summed E-state index contributed by atoms with van der Waals surface area (Å²) >= 11 is 0. The Hall–Kier alpha value is -2.03. The molecule has 0 saturated carbocycles. The number of unbranched alkanes of at least 4 members (excludes halogenated alkanes) is 2. The van der Waals surface area contributed by atoms with Gasteiger partial charge in [0, 0.05) is 10.9 Å². The van der Waals surface area contributed by atoms with E-state index in [9.17, 15) is 4.79 Å². The lowest BCUT2D eigenvalue weighted by Gasteiger charge is -2.12. The summed E-state index contributed by atoms with van der Waals surface area (Å²) in [4.78, 5) is 11.1. The Morgan fingerprint density at radius 2 is 1.68 bits per heavy atom. The third kappa shape index (κ3) is 4.23. The molecular formula is C19H24O3. The molecule has 0 aromatic heterocycles. The van der Waals surface area contributed by atoms with Crippen molar-refractivity contribution in [2.45, 2.75) is 39.5 Å². The molecule has 0 aliphatic rings. The Balaban J connectivity index is 2.30. The van der Waals surface area contributed by atoms with Gasteiger partial charge in [-0.2, -0.15) is 0 Å². The molecule has 3 nitrogen and oxygen atoms in total. The van der Waals surface area contributed by atoms with Crippen molar-refractivity contribution >= 4 is 17.1 Å². The molecule has 0 amide bonds. The number of ether oxygens (including phenoxy) is 2. The molecule has 0 aliphatic heterocycles. The first-order valence-corrected chi connectivity index (χ1v) is 8.07. The Morgan fingerprint density at radius 1 is 0.955 bits per heavy atom. The van der Waals surface area contributed by atoms with Gasteiger partial charge in [0.25, 0.3) is 0 Å². The maximum atomic E-state index is 11.1. The molecule has 0 unspecified atom stereocenters. The number of hydrogen-bond acceptors (Lipinski definition) is 3. The van der Waals surface area contributed by atoms with Gasteiger partial charge in [-0.15, -0.1) is 0 Å². The second-order valence-electron chi connectivity index (χ2n) is 5.42. The van der Waals surface area contributed by atoms with Gasteiger partial charge in [-0.05, 0) is 42.5 Å². The van der Waals surface area contributed by atoms with Crippen LogP contribution < -0.4 is 9.47 Å². The number of carbonyl (C=O) groups excluding carboxylic acids is 1. The lowest BCUT2D eigenvalue weighted by molar-refractivity contribution is 0.112. The van der Waals surface area contributed by atoms with Gasteiger partial charge >= 0.3 is 0 Å². The van der Waals surface area contributed by atoms with Crippen molar-refractivity contribution in [2.75, 3.05) is 13.2 Å². The third-order valence-corrected chi connectivity index (χ3v) is 3.57. The Morgan fingerprint density at radius 3 is 2.36 bits per heavy atom. The molecule has 118 valence electrons. The van der Waals surface area contributed by atoms with Crippen molar-refractivity contribution in [1.82, 2.24) is 0 Å². The fraction of sp³-hybridized carbons (Fsp3) is 0.421. The summed E-state index contributed by atoms with van der Waals surface area (Å²) in [6.07, 6.45) is 5.09. The predicted octanol–water partition coefficient (Wildman–Crippen LogP) is 5.01. The minimum atomic E-state index is 0.638. The highest BCUT2D eigenvalue weighted by Gasteiger charge is 2.07. The minimum Gasteiger partial charge on any atom is -0.494 e. The second kappa shape index (κ2) is 8.42. The van der Waals surface area contributed by atoms with Crippen LogP contribution in [0.1, 0.15) is 49.9 Å². The molecule has 2 rings (SSSR count). The van der Waals surface area contributed by atoms with Crippen LogP contribution in [0.4, 0.5) is 0 Å². The summed E-state index contributed by atoms with van der Waals surface area (Å²) < 4.78 is 11.6. The highest BCUT2D eigenvalue weighted by Crippen LogP contribution is 2.31. The van der Waals surface area contributed by atoms with Crippen molar-refractivity contribution in [3.63, 3.8) is 0 Å². The van der Waals surface area contributed by atoms with E-state index in [1.54, 1.807) is 6.07 Å². The number of carbonyl (C=O) groups is 1. The average molecular weight is 300 g/mol. The van der Waals surface area contributed by atoms with E-state index in [0.29, 0.717) is 12.2 Å². The van der Waals surface area contributed by atoms with Crippen LogP contribution >= 0.6 is 0 Å². The van der Waals surface area contributed by atoms with Gasteiger partial charge in [-0.1, -0.05) is 32.8 Å². The monoisotopic (exact) mass is 300 g/mol. The van der Waals surface area contributed by atoms with E-state index in [2.05, 4.69) is 13.8 Å². The Labute approximate surface area is 132 Å². The smallest absolute Gasteiger partial charge is 0.150 e. The first-order chi connectivity index (χ1) is 10.8. The van der Waals surface area contributed by atoms with Gasteiger partial charge in [-0.3, -0.25) is 4.79 Å². The van der Waals surface area contributed by atoms with Gasteiger partial charge in [-0.25, -0.2) is 0 Å². The van der Waals surface area contributed by atoms with Gasteiger partial charge in [0.05, 0.1) is 13.2 Å². The lowest BCUT2D eigenvalue weighted by atomic mass is 10.1. The van der Waals surface area contributed by atoms with E-state index in [4.69, 9.17) is 9.47 Å². The first-order valence-electron chi connectivity index (χ1n) is 8.07. The van der Waals surface area contributed by atoms with Gasteiger partial charge in [0.15, 0.2) is 0 Å². The van der Waals surface area contributed by atoms with Crippen LogP contribution in [-0.2, 0) is 0 Å². The molecule has 0 N–H and O–H groups in total. The van der Waals surface area contributed by atoms with E-state index in [1.165, 1.54) is 0 Å². The first kappa shape index (κ1) is 16.3. The molecule has 0 spiro atoms. The molecular weight excluding hydrogens is 276 g/mol. The van der Waals surface area contributed by atoms with Crippen LogP contribution in [0, 0.1) is 0 Å². The summed E-state index contributed by atoms with van der Waals surface area (Å²) in [6.45, 7) is 5.66. The van der Waals surface area contributed by atoms with Crippen LogP contribution in [0.3, 0.4) is 0 Å². The van der Waals surface area contributed by atoms with Crippen molar-refractivity contribution in [3.8, 4) is 11.5 Å². The minimum absolute atomic E-state index is 0.638. The standard InChI is InChI=1S/C19H24O3/c1-3-5-9-21-17-8-7-16-11-15(14-20)12-19(18(16)13-17)22-10-6-4-2/h7-8,11-14H,3-6,9-10H2,1-2H3. The van der Waals surface area contributed by atoms with Crippen molar-refractivity contribution in [2.24, 2.45) is 0 Å². The number of aldehydes is 1. The summed E-state index contributed by atoms with van der Waals surface area (Å²) in [6, 6.07) is 9.62. The van der Waals surface area contributed by atoms with E-state index in [0.717, 1.165) is 60.8 Å². The van der Waals surface area contributed by atoms with E-state index in [-0.39, 0.29) is 0 Å². The molecule has 0 heterocycles. The van der Waals surface area contributed by atoms with Crippen LogP contribution in [-0.4, -0.2) is 19.5 Å². The van der Waals surface area contributed by atoms with E-state index < -0.39 is 0 Å². The Bertz CT molecular complexity index is 619. The quantitative estimate of drug-likeness (QED) is 0.482. The molecule has 0 fully saturated rings. The highest BCUT2D eigenvalue weighted by molar-refractivity contribution is 5.94. The number of hydrogen-bond donors (Lipinski definition) is 0. The molecule has 2 aromatic rings. The second-order valence-corrected chi connectivity index (χ2v) is 5.42. The topological polar surface area (TPSA) is 35.5 Å². The number of benzene rings is 2. The van der Waals surface area contributed by atoms with Crippen LogP contribution in [0.2, 0.25) is 0 Å². The van der Waals surface area contributed by atoms with Gasteiger partial charge in [0.2, 0.25) is 0 Å². The normalized spacial score (nSPS) is 10.6. The third-order valence-electron chi connectivity index (χ3n) is 3.57. The average Bonchev–Trinajstić information content (AvgIpc) is 2.55. The summed E-state index contributed by atoms with van der Waals surface area (Å²) in [5.41, 5.74) is 0.638.